The maximum Gasteiger partial charge on any atom is 0.214 e. The lowest BCUT2D eigenvalue weighted by molar-refractivity contribution is -0.107. The van der Waals surface area contributed by atoms with E-state index in [0.717, 1.165) is 34.7 Å². The van der Waals surface area contributed by atoms with Gasteiger partial charge >= 0.3 is 0 Å². The van der Waals surface area contributed by atoms with Crippen molar-refractivity contribution in [3.05, 3.63) is 47.7 Å². The molecule has 1 aromatic carbocycles. The first-order valence-electron chi connectivity index (χ1n) is 8.07. The predicted molar refractivity (Wildman–Crippen MR) is 90.2 cm³/mol. The van der Waals surface area contributed by atoms with Gasteiger partial charge in [0.25, 0.3) is 0 Å². The molecule has 0 atom stereocenters. The number of benzene rings is 1. The summed E-state index contributed by atoms with van der Waals surface area (Å²) >= 11 is 0. The number of aromatic nitrogens is 1. The van der Waals surface area contributed by atoms with E-state index in [2.05, 4.69) is 10.3 Å². The lowest BCUT2D eigenvalue weighted by atomic mass is 9.86. The van der Waals surface area contributed by atoms with Crippen molar-refractivity contribution in [1.82, 2.24) is 4.98 Å². The van der Waals surface area contributed by atoms with Crippen molar-refractivity contribution in [3.8, 4) is 0 Å². The molecule has 1 amide bonds. The smallest absolute Gasteiger partial charge is 0.214 e. The van der Waals surface area contributed by atoms with Gasteiger partial charge in [-0.25, -0.2) is 4.98 Å². The zero-order chi connectivity index (χ0) is 16.6. The number of pyridine rings is 1. The van der Waals surface area contributed by atoms with Gasteiger partial charge in [0, 0.05) is 37.8 Å². The summed E-state index contributed by atoms with van der Waals surface area (Å²) in [4.78, 5) is 17.6. The Morgan fingerprint density at radius 1 is 1.29 bits per heavy atom. The second-order valence-electron chi connectivity index (χ2n) is 6.25. The van der Waals surface area contributed by atoms with E-state index in [1.165, 1.54) is 0 Å². The average Bonchev–Trinajstić information content (AvgIpc) is 2.78. The highest BCUT2D eigenvalue weighted by Gasteiger charge is 2.33. The third kappa shape index (κ3) is 2.53. The molecule has 3 heterocycles. The monoisotopic (exact) mass is 325 g/mol. The van der Waals surface area contributed by atoms with Gasteiger partial charge in [-0.2, -0.15) is 0 Å². The largest absolute Gasteiger partial charge is 0.385 e. The first-order chi connectivity index (χ1) is 11.7. The Bertz CT molecular complexity index is 772. The van der Waals surface area contributed by atoms with Gasteiger partial charge in [-0.15, -0.1) is 0 Å². The van der Waals surface area contributed by atoms with E-state index in [1.54, 1.807) is 11.1 Å². The molecule has 6 nitrogen and oxygen atoms in total. The normalized spacial score (nSPS) is 18.8. The van der Waals surface area contributed by atoms with Crippen molar-refractivity contribution in [3.63, 3.8) is 0 Å². The van der Waals surface area contributed by atoms with Crippen LogP contribution in [0.4, 0.5) is 17.2 Å². The second kappa shape index (κ2) is 5.89. The van der Waals surface area contributed by atoms with E-state index in [9.17, 15) is 9.90 Å². The minimum Gasteiger partial charge on any atom is -0.385 e. The lowest BCUT2D eigenvalue weighted by Crippen LogP contribution is -2.33. The summed E-state index contributed by atoms with van der Waals surface area (Å²) in [6.07, 6.45) is 3.66. The number of carbonyl (C=O) groups is 1. The van der Waals surface area contributed by atoms with Crippen LogP contribution in [0.1, 0.15) is 24.0 Å². The zero-order valence-corrected chi connectivity index (χ0v) is 13.2. The fraction of sp³-hybridized carbons (Fsp3) is 0.333. The van der Waals surface area contributed by atoms with Crippen molar-refractivity contribution >= 4 is 23.6 Å². The molecular formula is C18H19N3O3. The molecular weight excluding hydrogens is 306 g/mol. The highest BCUT2D eigenvalue weighted by Crippen LogP contribution is 2.39. The number of nitrogens with one attached hydrogen (secondary N) is 1. The zero-order valence-electron chi connectivity index (χ0n) is 13.2. The highest BCUT2D eigenvalue weighted by atomic mass is 16.5. The van der Waals surface area contributed by atoms with Gasteiger partial charge in [-0.3, -0.25) is 4.79 Å². The highest BCUT2D eigenvalue weighted by molar-refractivity contribution is 5.87. The van der Waals surface area contributed by atoms with Crippen molar-refractivity contribution < 1.29 is 14.6 Å². The predicted octanol–water partition coefficient (Wildman–Crippen LogP) is 2.30. The number of rotatable bonds is 2. The number of carbonyl (C=O) groups excluding carboxylic acids is 1. The summed E-state index contributed by atoms with van der Waals surface area (Å²) in [6.45, 7) is 1.52. The standard InChI is InChI=1S/C18H19N3O3/c22-12-21-11-13-2-1-7-19-17(13)20-15-4-3-14(10-16(15)21)18(23)5-8-24-9-6-18/h1-4,7,10,12,23H,5-6,8-9,11H2,(H,19,20). The molecule has 24 heavy (non-hydrogen) atoms. The number of hydrogen-bond acceptors (Lipinski definition) is 5. The van der Waals surface area contributed by atoms with Crippen molar-refractivity contribution in [2.75, 3.05) is 23.4 Å². The number of anilines is 3. The van der Waals surface area contributed by atoms with Crippen molar-refractivity contribution in [2.45, 2.75) is 25.0 Å². The van der Waals surface area contributed by atoms with Crippen molar-refractivity contribution in [1.29, 1.82) is 0 Å². The van der Waals surface area contributed by atoms with E-state index < -0.39 is 5.60 Å². The molecule has 0 bridgehead atoms. The minimum atomic E-state index is -0.904. The molecule has 2 aromatic rings. The molecule has 0 saturated carbocycles. The second-order valence-corrected chi connectivity index (χ2v) is 6.25. The first-order valence-corrected chi connectivity index (χ1v) is 8.07. The van der Waals surface area contributed by atoms with Gasteiger partial charge in [-0.05, 0) is 23.8 Å². The number of nitrogens with zero attached hydrogens (tertiary/aromatic N) is 2. The summed E-state index contributed by atoms with van der Waals surface area (Å²) < 4.78 is 5.36. The van der Waals surface area contributed by atoms with Crippen LogP contribution in [0.5, 0.6) is 0 Å². The van der Waals surface area contributed by atoms with E-state index in [-0.39, 0.29) is 0 Å². The SMILES string of the molecule is O=CN1Cc2cccnc2Nc2ccc(C3(O)CCOCC3)cc21. The van der Waals surface area contributed by atoms with Crippen LogP contribution in [0.2, 0.25) is 0 Å². The molecule has 4 rings (SSSR count). The quantitative estimate of drug-likeness (QED) is 0.829. The molecule has 2 N–H and O–H groups in total. The van der Waals surface area contributed by atoms with Crippen LogP contribution in [0.3, 0.4) is 0 Å². The molecule has 1 fully saturated rings. The van der Waals surface area contributed by atoms with Gasteiger partial charge in [0.1, 0.15) is 5.82 Å². The maximum atomic E-state index is 11.6. The molecule has 6 heteroatoms. The van der Waals surface area contributed by atoms with E-state index in [1.807, 2.05) is 30.3 Å². The summed E-state index contributed by atoms with van der Waals surface area (Å²) in [5.74, 6) is 0.751. The summed E-state index contributed by atoms with van der Waals surface area (Å²) in [7, 11) is 0. The van der Waals surface area contributed by atoms with E-state index >= 15 is 0 Å². The third-order valence-corrected chi connectivity index (χ3v) is 4.78. The minimum absolute atomic E-state index is 0.442. The third-order valence-electron chi connectivity index (χ3n) is 4.78. The molecule has 2 aliphatic heterocycles. The van der Waals surface area contributed by atoms with Crippen LogP contribution in [0.25, 0.3) is 0 Å². The van der Waals surface area contributed by atoms with Gasteiger partial charge in [0.2, 0.25) is 6.41 Å². The van der Waals surface area contributed by atoms with Crippen LogP contribution in [-0.4, -0.2) is 29.7 Å². The Morgan fingerprint density at radius 2 is 2.12 bits per heavy atom. The number of hydrogen-bond donors (Lipinski definition) is 2. The van der Waals surface area contributed by atoms with E-state index in [4.69, 9.17) is 4.74 Å². The van der Waals surface area contributed by atoms with Gasteiger partial charge in [0.15, 0.2) is 0 Å². The van der Waals surface area contributed by atoms with Crippen LogP contribution in [0, 0.1) is 0 Å². The fourth-order valence-corrected chi connectivity index (χ4v) is 3.33. The van der Waals surface area contributed by atoms with Gasteiger partial charge in [0.05, 0.1) is 23.5 Å². The Labute approximate surface area is 140 Å². The Kier molecular flexibility index (Phi) is 3.70. The van der Waals surface area contributed by atoms with Crippen LogP contribution in [0.15, 0.2) is 36.5 Å². The Morgan fingerprint density at radius 3 is 2.92 bits per heavy atom. The van der Waals surface area contributed by atoms with Crippen LogP contribution < -0.4 is 10.2 Å². The summed E-state index contributed by atoms with van der Waals surface area (Å²) in [5, 5.41) is 14.2. The molecule has 2 aliphatic rings. The van der Waals surface area contributed by atoms with Gasteiger partial charge < -0.3 is 20.1 Å². The summed E-state index contributed by atoms with van der Waals surface area (Å²) in [6, 6.07) is 9.51. The number of amides is 1. The molecule has 0 radical (unpaired) electrons. The molecule has 124 valence electrons. The first kappa shape index (κ1) is 15.1. The number of aliphatic hydroxyl groups is 1. The van der Waals surface area contributed by atoms with Gasteiger partial charge in [-0.1, -0.05) is 12.1 Å². The number of fused-ring (bicyclic) bond motifs is 2. The molecule has 0 aliphatic carbocycles. The van der Waals surface area contributed by atoms with Crippen LogP contribution >= 0.6 is 0 Å². The average molecular weight is 325 g/mol. The van der Waals surface area contributed by atoms with Crippen LogP contribution in [-0.2, 0) is 21.7 Å². The maximum absolute atomic E-state index is 11.6. The lowest BCUT2D eigenvalue weighted by Gasteiger charge is -2.33. The summed E-state index contributed by atoms with van der Waals surface area (Å²) in [5.41, 5.74) is 2.42. The Balaban J connectivity index is 1.77. The topological polar surface area (TPSA) is 74.7 Å². The molecule has 0 unspecified atom stereocenters. The van der Waals surface area contributed by atoms with Crippen molar-refractivity contribution in [2.24, 2.45) is 0 Å². The number of ether oxygens (including phenoxy) is 1. The van der Waals surface area contributed by atoms with E-state index in [0.29, 0.717) is 32.6 Å². The molecule has 0 spiro atoms. The molecule has 1 aromatic heterocycles. The molecule has 1 saturated heterocycles. The fourth-order valence-electron chi connectivity index (χ4n) is 3.33. The Hall–Kier alpha value is -2.44.